The van der Waals surface area contributed by atoms with E-state index < -0.39 is 0 Å². The molecule has 2 aromatic rings. The number of likely N-dealkylation sites (tertiary alicyclic amines) is 1. The highest BCUT2D eigenvalue weighted by atomic mass is 16.5. The molecular weight excluding hydrogens is 368 g/mol. The SMILES string of the molecule is COc1ccc(OCCN2C(=O)C(c3ccccc3)=C(N3CCCC3)C2=O)cc1. The standard InChI is InChI=1S/C23H24N2O4/c1-28-18-9-11-19(12-10-18)29-16-15-25-22(26)20(17-7-3-2-4-8-17)21(23(25)27)24-13-5-6-14-24/h2-4,7-12H,5-6,13-16H2,1H3. The number of carbonyl (C=O) groups excluding carboxylic acids is 2. The maximum Gasteiger partial charge on any atom is 0.277 e. The molecule has 2 aliphatic heterocycles. The topological polar surface area (TPSA) is 59.1 Å². The Morgan fingerprint density at radius 3 is 2.17 bits per heavy atom. The van der Waals surface area contributed by atoms with E-state index in [0.29, 0.717) is 17.0 Å². The molecule has 150 valence electrons. The smallest absolute Gasteiger partial charge is 0.277 e. The average Bonchev–Trinajstić information content (AvgIpc) is 3.37. The fraction of sp³-hybridized carbons (Fsp3) is 0.304. The number of ether oxygens (including phenoxy) is 2. The third-order valence-electron chi connectivity index (χ3n) is 5.27. The third-order valence-corrected chi connectivity index (χ3v) is 5.27. The molecule has 1 fully saturated rings. The van der Waals surface area contributed by atoms with Crippen LogP contribution in [0, 0.1) is 0 Å². The molecule has 0 bridgehead atoms. The van der Waals surface area contributed by atoms with Crippen molar-refractivity contribution in [2.45, 2.75) is 12.8 Å². The molecule has 2 aliphatic rings. The number of methoxy groups -OCH3 is 1. The summed E-state index contributed by atoms with van der Waals surface area (Å²) in [6.07, 6.45) is 2.07. The lowest BCUT2D eigenvalue weighted by Crippen LogP contribution is -2.37. The first-order valence-electron chi connectivity index (χ1n) is 9.86. The van der Waals surface area contributed by atoms with Crippen molar-refractivity contribution in [1.29, 1.82) is 0 Å². The molecule has 0 unspecified atom stereocenters. The van der Waals surface area contributed by atoms with Gasteiger partial charge in [0.25, 0.3) is 11.8 Å². The third kappa shape index (κ3) is 3.83. The summed E-state index contributed by atoms with van der Waals surface area (Å²) >= 11 is 0. The van der Waals surface area contributed by atoms with E-state index in [9.17, 15) is 9.59 Å². The lowest BCUT2D eigenvalue weighted by Gasteiger charge is -2.20. The number of amides is 2. The summed E-state index contributed by atoms with van der Waals surface area (Å²) in [4.78, 5) is 29.7. The lowest BCUT2D eigenvalue weighted by molar-refractivity contribution is -0.137. The molecule has 6 heteroatoms. The Hall–Kier alpha value is -3.28. The van der Waals surface area contributed by atoms with Crippen molar-refractivity contribution in [3.8, 4) is 11.5 Å². The second-order valence-electron chi connectivity index (χ2n) is 7.07. The van der Waals surface area contributed by atoms with Crippen molar-refractivity contribution < 1.29 is 19.1 Å². The van der Waals surface area contributed by atoms with Crippen molar-refractivity contribution in [2.75, 3.05) is 33.4 Å². The largest absolute Gasteiger partial charge is 0.497 e. The van der Waals surface area contributed by atoms with Gasteiger partial charge in [0.05, 0.1) is 19.2 Å². The first-order chi connectivity index (χ1) is 14.2. The average molecular weight is 392 g/mol. The number of carbonyl (C=O) groups is 2. The number of rotatable bonds is 7. The highest BCUT2D eigenvalue weighted by Crippen LogP contribution is 2.33. The maximum absolute atomic E-state index is 13.2. The number of hydrogen-bond acceptors (Lipinski definition) is 5. The molecule has 2 aromatic carbocycles. The van der Waals surface area contributed by atoms with Crippen LogP contribution in [0.15, 0.2) is 60.3 Å². The molecule has 0 N–H and O–H groups in total. The highest BCUT2D eigenvalue weighted by molar-refractivity contribution is 6.35. The van der Waals surface area contributed by atoms with Gasteiger partial charge in [0.15, 0.2) is 0 Å². The number of nitrogens with zero attached hydrogens (tertiary/aromatic N) is 2. The van der Waals surface area contributed by atoms with Crippen LogP contribution in [0.2, 0.25) is 0 Å². The summed E-state index contributed by atoms with van der Waals surface area (Å²) in [5.74, 6) is 0.936. The van der Waals surface area contributed by atoms with E-state index in [0.717, 1.165) is 37.2 Å². The molecule has 29 heavy (non-hydrogen) atoms. The van der Waals surface area contributed by atoms with Crippen LogP contribution in [0.1, 0.15) is 18.4 Å². The molecule has 0 aliphatic carbocycles. The Morgan fingerprint density at radius 1 is 0.862 bits per heavy atom. The number of benzene rings is 2. The van der Waals surface area contributed by atoms with E-state index in [2.05, 4.69) is 0 Å². The molecule has 6 nitrogen and oxygen atoms in total. The summed E-state index contributed by atoms with van der Waals surface area (Å²) in [6.45, 7) is 2.05. The molecule has 0 radical (unpaired) electrons. The van der Waals surface area contributed by atoms with Gasteiger partial charge < -0.3 is 14.4 Å². The molecule has 1 saturated heterocycles. The number of hydrogen-bond donors (Lipinski definition) is 0. The molecule has 2 amide bonds. The van der Waals surface area contributed by atoms with Crippen LogP contribution in [0.3, 0.4) is 0 Å². The minimum absolute atomic E-state index is 0.206. The zero-order valence-electron chi connectivity index (χ0n) is 16.5. The van der Waals surface area contributed by atoms with Crippen molar-refractivity contribution in [1.82, 2.24) is 9.80 Å². The van der Waals surface area contributed by atoms with Gasteiger partial charge >= 0.3 is 0 Å². The quantitative estimate of drug-likeness (QED) is 0.678. The molecule has 0 aromatic heterocycles. The van der Waals surface area contributed by atoms with E-state index in [1.807, 2.05) is 47.4 Å². The minimum atomic E-state index is -0.249. The van der Waals surface area contributed by atoms with Crippen LogP contribution in [0.25, 0.3) is 5.57 Å². The minimum Gasteiger partial charge on any atom is -0.497 e. The van der Waals surface area contributed by atoms with Crippen LogP contribution in [0.5, 0.6) is 11.5 Å². The molecule has 0 saturated carbocycles. The van der Waals surface area contributed by atoms with Gasteiger partial charge in [-0.25, -0.2) is 0 Å². The normalized spacial score (nSPS) is 16.7. The molecule has 0 spiro atoms. The van der Waals surface area contributed by atoms with Crippen LogP contribution in [-0.2, 0) is 9.59 Å². The molecule has 0 atom stereocenters. The Labute approximate surface area is 170 Å². The summed E-state index contributed by atoms with van der Waals surface area (Å²) in [6, 6.07) is 16.7. The number of imide groups is 1. The predicted molar refractivity (Wildman–Crippen MR) is 109 cm³/mol. The Bertz CT molecular complexity index is 916. The zero-order valence-corrected chi connectivity index (χ0v) is 16.5. The van der Waals surface area contributed by atoms with Gasteiger partial charge in [0.2, 0.25) is 0 Å². The van der Waals surface area contributed by atoms with Crippen LogP contribution < -0.4 is 9.47 Å². The van der Waals surface area contributed by atoms with Crippen molar-refractivity contribution in [3.05, 3.63) is 65.9 Å². The summed E-state index contributed by atoms with van der Waals surface area (Å²) in [5, 5.41) is 0. The Morgan fingerprint density at radius 2 is 1.52 bits per heavy atom. The van der Waals surface area contributed by atoms with E-state index in [4.69, 9.17) is 9.47 Å². The van der Waals surface area contributed by atoms with Gasteiger partial charge in [-0.05, 0) is 42.7 Å². The van der Waals surface area contributed by atoms with E-state index in [1.165, 1.54) is 4.90 Å². The summed E-state index contributed by atoms with van der Waals surface area (Å²) < 4.78 is 10.9. The summed E-state index contributed by atoms with van der Waals surface area (Å²) in [5.41, 5.74) is 1.82. The monoisotopic (exact) mass is 392 g/mol. The van der Waals surface area contributed by atoms with Gasteiger partial charge in [-0.2, -0.15) is 0 Å². The maximum atomic E-state index is 13.2. The molecule has 4 rings (SSSR count). The van der Waals surface area contributed by atoms with Gasteiger partial charge in [0.1, 0.15) is 23.8 Å². The van der Waals surface area contributed by atoms with Crippen molar-refractivity contribution in [2.24, 2.45) is 0 Å². The zero-order chi connectivity index (χ0) is 20.2. The molecule has 2 heterocycles. The predicted octanol–water partition coefficient (Wildman–Crippen LogP) is 2.95. The second kappa shape index (κ2) is 8.39. The first-order valence-corrected chi connectivity index (χ1v) is 9.86. The van der Waals surface area contributed by atoms with E-state index in [1.54, 1.807) is 19.2 Å². The van der Waals surface area contributed by atoms with Crippen LogP contribution in [0.4, 0.5) is 0 Å². The first kappa shape index (κ1) is 19.1. The van der Waals surface area contributed by atoms with Gasteiger partial charge in [-0.3, -0.25) is 14.5 Å². The van der Waals surface area contributed by atoms with Crippen molar-refractivity contribution in [3.63, 3.8) is 0 Å². The van der Waals surface area contributed by atoms with Crippen molar-refractivity contribution >= 4 is 17.4 Å². The summed E-state index contributed by atoms with van der Waals surface area (Å²) in [7, 11) is 1.61. The lowest BCUT2D eigenvalue weighted by atomic mass is 10.0. The Balaban J connectivity index is 1.50. The highest BCUT2D eigenvalue weighted by Gasteiger charge is 2.41. The second-order valence-corrected chi connectivity index (χ2v) is 7.07. The van der Waals surface area contributed by atoms with Crippen LogP contribution >= 0.6 is 0 Å². The fourth-order valence-corrected chi connectivity index (χ4v) is 3.79. The van der Waals surface area contributed by atoms with Gasteiger partial charge in [0, 0.05) is 13.1 Å². The Kier molecular flexibility index (Phi) is 5.51. The van der Waals surface area contributed by atoms with Gasteiger partial charge in [-0.15, -0.1) is 0 Å². The van der Waals surface area contributed by atoms with Gasteiger partial charge in [-0.1, -0.05) is 30.3 Å². The fourth-order valence-electron chi connectivity index (χ4n) is 3.79. The molecular formula is C23H24N2O4. The van der Waals surface area contributed by atoms with E-state index >= 15 is 0 Å². The van der Waals surface area contributed by atoms with E-state index in [-0.39, 0.29) is 25.0 Å². The van der Waals surface area contributed by atoms with Crippen LogP contribution in [-0.4, -0.2) is 55.0 Å².